The molecule has 110 valence electrons. The van der Waals surface area contributed by atoms with Gasteiger partial charge in [-0.25, -0.2) is 4.79 Å². The average molecular weight is 299 g/mol. The van der Waals surface area contributed by atoms with Gasteiger partial charge in [-0.15, -0.1) is 0 Å². The summed E-state index contributed by atoms with van der Waals surface area (Å²) in [6, 6.07) is 1.70. The van der Waals surface area contributed by atoms with E-state index in [9.17, 15) is 4.79 Å². The lowest BCUT2D eigenvalue weighted by Gasteiger charge is -2.41. The minimum atomic E-state index is -0.481. The smallest absolute Gasteiger partial charge is 0.410 e. The summed E-state index contributed by atoms with van der Waals surface area (Å²) in [5.74, 6) is 0.533. The number of hydrogen-bond acceptors (Lipinski definition) is 4. The van der Waals surface area contributed by atoms with Crippen molar-refractivity contribution in [2.45, 2.75) is 38.8 Å². The highest BCUT2D eigenvalue weighted by Gasteiger charge is 2.35. The second-order valence-corrected chi connectivity index (χ2v) is 6.14. The second kappa shape index (κ2) is 5.87. The first-order valence-corrected chi connectivity index (χ1v) is 6.96. The lowest BCUT2D eigenvalue weighted by atomic mass is 10.1. The first-order chi connectivity index (χ1) is 9.37. The molecule has 0 unspecified atom stereocenters. The van der Waals surface area contributed by atoms with Gasteiger partial charge < -0.3 is 14.4 Å². The van der Waals surface area contributed by atoms with Gasteiger partial charge in [0.1, 0.15) is 12.2 Å². The molecular formula is C14H19ClN2O3. The summed E-state index contributed by atoms with van der Waals surface area (Å²) in [5.41, 5.74) is -0.481. The molecule has 2 heterocycles. The van der Waals surface area contributed by atoms with Crippen molar-refractivity contribution >= 4 is 17.7 Å². The molecule has 1 saturated heterocycles. The van der Waals surface area contributed by atoms with Crippen molar-refractivity contribution in [1.82, 2.24) is 9.88 Å². The van der Waals surface area contributed by atoms with Crippen LogP contribution in [0.15, 0.2) is 18.5 Å². The van der Waals surface area contributed by atoms with E-state index in [1.165, 1.54) is 0 Å². The predicted molar refractivity (Wildman–Crippen MR) is 76.1 cm³/mol. The van der Waals surface area contributed by atoms with Crippen LogP contribution in [0.5, 0.6) is 5.75 Å². The van der Waals surface area contributed by atoms with Crippen LogP contribution in [0.4, 0.5) is 4.79 Å². The van der Waals surface area contributed by atoms with Crippen molar-refractivity contribution in [2.24, 2.45) is 0 Å². The molecular weight excluding hydrogens is 280 g/mol. The number of pyridine rings is 1. The van der Waals surface area contributed by atoms with Crippen molar-refractivity contribution < 1.29 is 14.3 Å². The van der Waals surface area contributed by atoms with E-state index in [0.29, 0.717) is 23.9 Å². The molecule has 0 aliphatic carbocycles. The Morgan fingerprint density at radius 1 is 1.55 bits per heavy atom. The van der Waals surface area contributed by atoms with Crippen LogP contribution >= 0.6 is 11.6 Å². The zero-order chi connectivity index (χ0) is 14.8. The number of ether oxygens (including phenoxy) is 2. The Morgan fingerprint density at radius 2 is 2.30 bits per heavy atom. The highest BCUT2D eigenvalue weighted by atomic mass is 35.5. The molecule has 1 aliphatic heterocycles. The summed E-state index contributed by atoms with van der Waals surface area (Å²) >= 11 is 5.98. The fraction of sp³-hybridized carbons (Fsp3) is 0.571. The molecule has 0 saturated carbocycles. The molecule has 0 N–H and O–H groups in total. The number of carbonyl (C=O) groups is 1. The first kappa shape index (κ1) is 14.9. The Labute approximate surface area is 123 Å². The fourth-order valence-corrected chi connectivity index (χ4v) is 1.99. The quantitative estimate of drug-likeness (QED) is 0.860. The SMILES string of the molecule is CC(C)(C)OC(=O)N1CC[C@@H]1COc1cnccc1Cl. The molecule has 1 aliphatic rings. The molecule has 0 radical (unpaired) electrons. The van der Waals surface area contributed by atoms with Crippen LogP contribution < -0.4 is 4.74 Å². The predicted octanol–water partition coefficient (Wildman–Crippen LogP) is 3.12. The van der Waals surface area contributed by atoms with E-state index in [0.717, 1.165) is 6.42 Å². The maximum absolute atomic E-state index is 11.9. The normalized spacial score (nSPS) is 18.4. The van der Waals surface area contributed by atoms with Crippen molar-refractivity contribution in [1.29, 1.82) is 0 Å². The highest BCUT2D eigenvalue weighted by molar-refractivity contribution is 6.31. The average Bonchev–Trinajstić information content (AvgIpc) is 2.27. The van der Waals surface area contributed by atoms with Gasteiger partial charge in [-0.05, 0) is 33.3 Å². The number of nitrogens with zero attached hydrogens (tertiary/aromatic N) is 2. The van der Waals surface area contributed by atoms with Crippen LogP contribution in [0.3, 0.4) is 0 Å². The Morgan fingerprint density at radius 3 is 2.85 bits per heavy atom. The lowest BCUT2D eigenvalue weighted by molar-refractivity contribution is -0.0141. The molecule has 0 aromatic carbocycles. The van der Waals surface area contributed by atoms with Crippen molar-refractivity contribution in [3.05, 3.63) is 23.5 Å². The molecule has 0 spiro atoms. The maximum Gasteiger partial charge on any atom is 0.410 e. The Kier molecular flexibility index (Phi) is 4.38. The Hall–Kier alpha value is -1.49. The van der Waals surface area contributed by atoms with Gasteiger partial charge in [0.2, 0.25) is 0 Å². The van der Waals surface area contributed by atoms with Gasteiger partial charge in [0.05, 0.1) is 17.3 Å². The molecule has 1 aromatic rings. The number of amides is 1. The number of likely N-dealkylation sites (tertiary alicyclic amines) is 1. The summed E-state index contributed by atoms with van der Waals surface area (Å²) in [6.45, 7) is 6.65. The number of aromatic nitrogens is 1. The van der Waals surface area contributed by atoms with E-state index in [4.69, 9.17) is 21.1 Å². The zero-order valence-electron chi connectivity index (χ0n) is 11.9. The van der Waals surface area contributed by atoms with E-state index < -0.39 is 5.60 Å². The largest absolute Gasteiger partial charge is 0.488 e. The van der Waals surface area contributed by atoms with Gasteiger partial charge in [0.15, 0.2) is 5.75 Å². The third-order valence-corrected chi connectivity index (χ3v) is 3.25. The zero-order valence-corrected chi connectivity index (χ0v) is 12.7. The van der Waals surface area contributed by atoms with Gasteiger partial charge in [-0.1, -0.05) is 11.6 Å². The number of carbonyl (C=O) groups excluding carboxylic acids is 1. The third-order valence-electron chi connectivity index (χ3n) is 2.94. The van der Waals surface area contributed by atoms with Crippen LogP contribution in [0, 0.1) is 0 Å². The van der Waals surface area contributed by atoms with Crippen molar-refractivity contribution in [3.8, 4) is 5.75 Å². The van der Waals surface area contributed by atoms with Crippen molar-refractivity contribution in [3.63, 3.8) is 0 Å². The topological polar surface area (TPSA) is 51.7 Å². The summed E-state index contributed by atoms with van der Waals surface area (Å²) in [7, 11) is 0. The van der Waals surface area contributed by atoms with Crippen molar-refractivity contribution in [2.75, 3.05) is 13.2 Å². The number of halogens is 1. The summed E-state index contributed by atoms with van der Waals surface area (Å²) in [5, 5.41) is 0.517. The van der Waals surface area contributed by atoms with E-state index in [1.807, 2.05) is 20.8 Å². The summed E-state index contributed by atoms with van der Waals surface area (Å²) in [6.07, 6.45) is 3.77. The Balaban J connectivity index is 1.86. The molecule has 0 bridgehead atoms. The summed E-state index contributed by atoms with van der Waals surface area (Å²) < 4.78 is 10.9. The molecule has 20 heavy (non-hydrogen) atoms. The molecule has 1 atom stereocenters. The van der Waals surface area contributed by atoms with Gasteiger partial charge in [0, 0.05) is 12.7 Å². The monoisotopic (exact) mass is 298 g/mol. The third kappa shape index (κ3) is 3.76. The van der Waals surface area contributed by atoms with Gasteiger partial charge in [0.25, 0.3) is 0 Å². The van der Waals surface area contributed by atoms with E-state index in [-0.39, 0.29) is 12.1 Å². The molecule has 1 amide bonds. The van der Waals surface area contributed by atoms with Crippen LogP contribution in [-0.2, 0) is 4.74 Å². The lowest BCUT2D eigenvalue weighted by Crippen LogP contribution is -2.55. The van der Waals surface area contributed by atoms with Crippen LogP contribution in [0.1, 0.15) is 27.2 Å². The standard InChI is InChI=1S/C14H19ClN2O3/c1-14(2,3)20-13(18)17-7-5-10(17)9-19-12-8-16-6-4-11(12)15/h4,6,8,10H,5,7,9H2,1-3H3/t10-/m1/s1. The molecule has 2 rings (SSSR count). The van der Waals surface area contributed by atoms with E-state index in [2.05, 4.69) is 4.98 Å². The molecule has 5 nitrogen and oxygen atoms in total. The van der Waals surface area contributed by atoms with Crippen LogP contribution in [0.25, 0.3) is 0 Å². The molecule has 6 heteroatoms. The summed E-state index contributed by atoms with van der Waals surface area (Å²) in [4.78, 5) is 17.6. The minimum Gasteiger partial charge on any atom is -0.488 e. The second-order valence-electron chi connectivity index (χ2n) is 5.73. The molecule has 1 aromatic heterocycles. The highest BCUT2D eigenvalue weighted by Crippen LogP contribution is 2.25. The van der Waals surface area contributed by atoms with Gasteiger partial charge in [-0.2, -0.15) is 0 Å². The van der Waals surface area contributed by atoms with Crippen LogP contribution in [-0.4, -0.2) is 40.8 Å². The Bertz CT molecular complexity index is 488. The van der Waals surface area contributed by atoms with E-state index >= 15 is 0 Å². The van der Waals surface area contributed by atoms with Crippen LogP contribution in [0.2, 0.25) is 5.02 Å². The first-order valence-electron chi connectivity index (χ1n) is 6.59. The molecule has 1 fully saturated rings. The number of hydrogen-bond donors (Lipinski definition) is 0. The van der Waals surface area contributed by atoms with Gasteiger partial charge in [-0.3, -0.25) is 4.98 Å². The van der Waals surface area contributed by atoms with E-state index in [1.54, 1.807) is 23.4 Å². The minimum absolute atomic E-state index is 0.0288. The van der Waals surface area contributed by atoms with Gasteiger partial charge >= 0.3 is 6.09 Å². The fourth-order valence-electron chi connectivity index (χ4n) is 1.83. The number of rotatable bonds is 3. The maximum atomic E-state index is 11.9.